The summed E-state index contributed by atoms with van der Waals surface area (Å²) in [4.78, 5) is 0. The first-order chi connectivity index (χ1) is 11.8. The van der Waals surface area contributed by atoms with Gasteiger partial charge in [-0.3, -0.25) is 0 Å². The summed E-state index contributed by atoms with van der Waals surface area (Å²) in [5, 5.41) is 9.87. The number of piperidine rings is 2. The Morgan fingerprint density at radius 3 is 2.28 bits per heavy atom. The molecular formula is C16H24Cl2N3O3S+. The van der Waals surface area contributed by atoms with E-state index >= 15 is 0 Å². The van der Waals surface area contributed by atoms with Gasteiger partial charge in [-0.05, 0) is 12.1 Å². The van der Waals surface area contributed by atoms with Crippen LogP contribution in [0.15, 0.2) is 18.2 Å². The minimum atomic E-state index is -3.68. The molecule has 2 saturated heterocycles. The van der Waals surface area contributed by atoms with Crippen LogP contribution in [-0.2, 0) is 10.2 Å². The lowest BCUT2D eigenvalue weighted by molar-refractivity contribution is -0.841. The topological polar surface area (TPSA) is 81.4 Å². The number of nitrogens with one attached hydrogen (secondary N) is 1. The SMILES string of the molecule is NS(=O)(=O)[N+]1(C2CCNCC2)CCC(Oc2ccc(Cl)c(Cl)c2)CC1. The third kappa shape index (κ3) is 4.07. The number of hydrogen-bond acceptors (Lipinski definition) is 4. The molecule has 1 aromatic carbocycles. The zero-order valence-corrected chi connectivity index (χ0v) is 16.3. The summed E-state index contributed by atoms with van der Waals surface area (Å²) in [6.45, 7) is 2.64. The number of ether oxygens (including phenoxy) is 1. The van der Waals surface area contributed by atoms with Crippen molar-refractivity contribution in [3.05, 3.63) is 28.2 Å². The molecule has 140 valence electrons. The summed E-state index contributed by atoms with van der Waals surface area (Å²) < 4.78 is 30.8. The van der Waals surface area contributed by atoms with Crippen molar-refractivity contribution in [3.8, 4) is 5.75 Å². The van der Waals surface area contributed by atoms with Crippen molar-refractivity contribution in [2.75, 3.05) is 26.2 Å². The highest BCUT2D eigenvalue weighted by Crippen LogP contribution is 2.33. The summed E-state index contributed by atoms with van der Waals surface area (Å²) in [6, 6.07) is 5.22. The second kappa shape index (κ2) is 7.58. The number of hydrogen-bond donors (Lipinski definition) is 2. The fraction of sp³-hybridized carbons (Fsp3) is 0.625. The van der Waals surface area contributed by atoms with Crippen molar-refractivity contribution >= 4 is 33.4 Å². The third-order valence-electron chi connectivity index (χ3n) is 5.33. The number of halogens is 2. The fourth-order valence-corrected chi connectivity index (χ4v) is 5.58. The molecule has 0 aromatic heterocycles. The molecule has 2 heterocycles. The van der Waals surface area contributed by atoms with Gasteiger partial charge in [0.05, 0.1) is 23.1 Å². The molecule has 0 aliphatic carbocycles. The van der Waals surface area contributed by atoms with Gasteiger partial charge in [0.2, 0.25) is 0 Å². The molecule has 6 nitrogen and oxygen atoms in total. The maximum absolute atomic E-state index is 12.4. The Bertz CT molecular complexity index is 715. The molecule has 9 heteroatoms. The standard InChI is InChI=1S/C16H24Cl2N3O3S/c17-15-2-1-14(11-16(15)18)24-13-5-9-21(10-6-13,25(19,22)23)12-3-7-20-8-4-12/h1-2,11-13,20H,3-10H2,(H2,19,22,23)/q+1. The van der Waals surface area contributed by atoms with Crippen molar-refractivity contribution in [1.82, 2.24) is 5.32 Å². The van der Waals surface area contributed by atoms with E-state index in [4.69, 9.17) is 33.1 Å². The smallest absolute Gasteiger partial charge is 0.367 e. The zero-order chi connectivity index (χ0) is 18.1. The highest BCUT2D eigenvalue weighted by molar-refractivity contribution is 7.83. The van der Waals surface area contributed by atoms with Gasteiger partial charge in [0.15, 0.2) is 0 Å². The van der Waals surface area contributed by atoms with E-state index in [1.807, 2.05) is 0 Å². The van der Waals surface area contributed by atoms with E-state index in [9.17, 15) is 8.42 Å². The van der Waals surface area contributed by atoms with Gasteiger partial charge in [-0.25, -0.2) is 3.89 Å². The fourth-order valence-electron chi connectivity index (χ4n) is 3.95. The normalized spacial score (nSPS) is 28.7. The van der Waals surface area contributed by atoms with E-state index in [1.54, 1.807) is 18.2 Å². The molecule has 25 heavy (non-hydrogen) atoms. The van der Waals surface area contributed by atoms with Gasteiger partial charge in [-0.2, -0.15) is 13.6 Å². The molecule has 2 fully saturated rings. The molecule has 2 aliphatic heterocycles. The maximum Gasteiger partial charge on any atom is 0.367 e. The van der Waals surface area contributed by atoms with Crippen molar-refractivity contribution in [2.45, 2.75) is 37.8 Å². The van der Waals surface area contributed by atoms with Crippen molar-refractivity contribution in [2.24, 2.45) is 5.14 Å². The molecule has 3 rings (SSSR count). The number of likely N-dealkylation sites (tertiary alicyclic amines) is 1. The average Bonchev–Trinajstić information content (AvgIpc) is 2.59. The average molecular weight is 409 g/mol. The van der Waals surface area contributed by atoms with E-state index < -0.39 is 10.2 Å². The van der Waals surface area contributed by atoms with Crippen LogP contribution in [0.2, 0.25) is 10.0 Å². The van der Waals surface area contributed by atoms with Crippen LogP contribution < -0.4 is 15.2 Å². The molecular weight excluding hydrogens is 385 g/mol. The minimum absolute atomic E-state index is 0.0179. The molecule has 0 bridgehead atoms. The number of nitrogens with two attached hydrogens (primary N) is 1. The van der Waals surface area contributed by atoms with Gasteiger partial charge in [0.1, 0.15) is 17.9 Å². The number of benzene rings is 1. The van der Waals surface area contributed by atoms with Crippen LogP contribution in [-0.4, -0.2) is 50.6 Å². The summed E-state index contributed by atoms with van der Waals surface area (Å²) in [6.07, 6.45) is 2.89. The van der Waals surface area contributed by atoms with E-state index in [2.05, 4.69) is 5.32 Å². The van der Waals surface area contributed by atoms with E-state index in [0.29, 0.717) is 41.7 Å². The Balaban J connectivity index is 1.70. The predicted molar refractivity (Wildman–Crippen MR) is 99.1 cm³/mol. The van der Waals surface area contributed by atoms with Crippen molar-refractivity contribution in [1.29, 1.82) is 0 Å². The summed E-state index contributed by atoms with van der Waals surface area (Å²) >= 11 is 11.9. The van der Waals surface area contributed by atoms with Crippen LogP contribution in [0.4, 0.5) is 0 Å². The zero-order valence-electron chi connectivity index (χ0n) is 14.0. The highest BCUT2D eigenvalue weighted by Gasteiger charge is 2.49. The second-order valence-corrected chi connectivity index (χ2v) is 9.36. The molecule has 1 aromatic rings. The van der Waals surface area contributed by atoms with Crippen LogP contribution >= 0.6 is 23.2 Å². The van der Waals surface area contributed by atoms with E-state index in [-0.39, 0.29) is 16.0 Å². The maximum atomic E-state index is 12.4. The van der Waals surface area contributed by atoms with Crippen molar-refractivity contribution < 1.29 is 17.0 Å². The molecule has 0 spiro atoms. The van der Waals surface area contributed by atoms with Gasteiger partial charge < -0.3 is 10.1 Å². The van der Waals surface area contributed by atoms with Gasteiger partial charge in [-0.15, -0.1) is 0 Å². The summed E-state index contributed by atoms with van der Waals surface area (Å²) in [5.74, 6) is 0.650. The quantitative estimate of drug-likeness (QED) is 0.748. The monoisotopic (exact) mass is 408 g/mol. The van der Waals surface area contributed by atoms with E-state index in [1.165, 1.54) is 0 Å². The molecule has 0 saturated carbocycles. The molecule has 0 unspecified atom stereocenters. The number of quaternary nitrogens is 1. The first-order valence-electron chi connectivity index (χ1n) is 8.54. The predicted octanol–water partition coefficient (Wildman–Crippen LogP) is 2.31. The minimum Gasteiger partial charge on any atom is -0.490 e. The van der Waals surface area contributed by atoms with Gasteiger partial charge >= 0.3 is 10.2 Å². The summed E-state index contributed by atoms with van der Waals surface area (Å²) in [7, 11) is -3.68. The lowest BCUT2D eigenvalue weighted by Crippen LogP contribution is -2.66. The Kier molecular flexibility index (Phi) is 5.82. The first kappa shape index (κ1) is 19.2. The Labute approximate surface area is 159 Å². The van der Waals surface area contributed by atoms with Gasteiger partial charge in [0.25, 0.3) is 0 Å². The Morgan fingerprint density at radius 2 is 1.72 bits per heavy atom. The Morgan fingerprint density at radius 1 is 1.08 bits per heavy atom. The molecule has 0 atom stereocenters. The molecule has 0 amide bonds. The lowest BCUT2D eigenvalue weighted by atomic mass is 9.99. The number of rotatable bonds is 4. The largest absolute Gasteiger partial charge is 0.490 e. The highest BCUT2D eigenvalue weighted by atomic mass is 35.5. The number of nitrogens with zero attached hydrogens (tertiary/aromatic N) is 1. The van der Waals surface area contributed by atoms with Crippen LogP contribution in [0.3, 0.4) is 0 Å². The van der Waals surface area contributed by atoms with Gasteiger partial charge in [-0.1, -0.05) is 23.2 Å². The third-order valence-corrected chi connectivity index (χ3v) is 7.75. The van der Waals surface area contributed by atoms with Gasteiger partial charge in [0, 0.05) is 44.8 Å². The molecule has 0 radical (unpaired) electrons. The van der Waals surface area contributed by atoms with Crippen LogP contribution in [0.5, 0.6) is 5.75 Å². The first-order valence-corrected chi connectivity index (χ1v) is 10.8. The van der Waals surface area contributed by atoms with Crippen LogP contribution in [0, 0.1) is 0 Å². The second-order valence-electron chi connectivity index (χ2n) is 6.79. The van der Waals surface area contributed by atoms with Crippen LogP contribution in [0.1, 0.15) is 25.7 Å². The molecule has 3 N–H and O–H groups in total. The van der Waals surface area contributed by atoms with E-state index in [0.717, 1.165) is 25.9 Å². The molecule has 2 aliphatic rings. The summed E-state index contributed by atoms with van der Waals surface area (Å²) in [5.41, 5.74) is 0. The lowest BCUT2D eigenvalue weighted by Gasteiger charge is -2.46. The van der Waals surface area contributed by atoms with Crippen LogP contribution in [0.25, 0.3) is 0 Å². The Hall–Kier alpha value is -0.570. The van der Waals surface area contributed by atoms with Crippen molar-refractivity contribution in [3.63, 3.8) is 0 Å².